The van der Waals surface area contributed by atoms with E-state index in [9.17, 15) is 4.79 Å². The molecule has 0 N–H and O–H groups in total. The van der Waals surface area contributed by atoms with Crippen LogP contribution in [0.4, 0.5) is 10.7 Å². The minimum atomic E-state index is -0.501. The van der Waals surface area contributed by atoms with Crippen molar-refractivity contribution in [2.45, 2.75) is 57.9 Å². The zero-order valence-electron chi connectivity index (χ0n) is 19.1. The van der Waals surface area contributed by atoms with E-state index in [0.29, 0.717) is 37.0 Å². The zero-order chi connectivity index (χ0) is 23.2. The van der Waals surface area contributed by atoms with Gasteiger partial charge < -0.3 is 14.4 Å². The number of rotatable bonds is 4. The molecule has 1 amide bonds. The Bertz CT molecular complexity index is 1150. The Labute approximate surface area is 201 Å². The van der Waals surface area contributed by atoms with Crippen molar-refractivity contribution in [3.63, 3.8) is 0 Å². The molecule has 8 nitrogen and oxygen atoms in total. The maximum Gasteiger partial charge on any atom is 0.410 e. The van der Waals surface area contributed by atoms with E-state index in [1.165, 1.54) is 0 Å². The van der Waals surface area contributed by atoms with E-state index in [1.54, 1.807) is 4.52 Å². The summed E-state index contributed by atoms with van der Waals surface area (Å²) < 4.78 is 14.3. The summed E-state index contributed by atoms with van der Waals surface area (Å²) in [5, 5.41) is 4.75. The molecule has 5 rings (SSSR count). The third kappa shape index (κ3) is 4.51. The van der Waals surface area contributed by atoms with Crippen LogP contribution in [0.2, 0.25) is 0 Å². The molecule has 2 atom stereocenters. The van der Waals surface area contributed by atoms with Crippen LogP contribution in [-0.4, -0.2) is 56.4 Å². The lowest BCUT2D eigenvalue weighted by atomic mass is 10.2. The van der Waals surface area contributed by atoms with Crippen molar-refractivity contribution in [1.82, 2.24) is 19.5 Å². The number of anilines is 1. The van der Waals surface area contributed by atoms with E-state index in [0.717, 1.165) is 23.0 Å². The summed E-state index contributed by atoms with van der Waals surface area (Å²) in [6.45, 7) is 7.53. The van der Waals surface area contributed by atoms with Gasteiger partial charge in [0.05, 0.1) is 12.1 Å². The molecule has 2 unspecified atom stereocenters. The lowest BCUT2D eigenvalue weighted by Crippen LogP contribution is -2.57. The van der Waals surface area contributed by atoms with E-state index in [-0.39, 0.29) is 18.2 Å². The van der Waals surface area contributed by atoms with Gasteiger partial charge in [-0.15, -0.1) is 5.10 Å². The predicted molar refractivity (Wildman–Crippen MR) is 129 cm³/mol. The highest BCUT2D eigenvalue weighted by Gasteiger charge is 2.45. The van der Waals surface area contributed by atoms with Crippen LogP contribution in [0, 0.1) is 0 Å². The molecule has 2 aliphatic rings. The van der Waals surface area contributed by atoms with Gasteiger partial charge in [0.2, 0.25) is 11.6 Å². The summed E-state index contributed by atoms with van der Waals surface area (Å²) in [4.78, 5) is 21.7. The highest BCUT2D eigenvalue weighted by molar-refractivity contribution is 9.10. The van der Waals surface area contributed by atoms with Gasteiger partial charge in [-0.25, -0.2) is 9.31 Å². The van der Waals surface area contributed by atoms with Gasteiger partial charge in [0.25, 0.3) is 0 Å². The van der Waals surface area contributed by atoms with Crippen molar-refractivity contribution in [2.75, 3.05) is 18.0 Å². The summed E-state index contributed by atoms with van der Waals surface area (Å²) in [5.41, 5.74) is 1.25. The molecule has 0 radical (unpaired) electrons. The summed E-state index contributed by atoms with van der Waals surface area (Å²) >= 11 is 3.57. The molecule has 2 bridgehead atoms. The highest BCUT2D eigenvalue weighted by atomic mass is 79.9. The van der Waals surface area contributed by atoms with Crippen LogP contribution in [0.3, 0.4) is 0 Å². The molecule has 2 fully saturated rings. The number of hydrogen-bond donors (Lipinski definition) is 0. The van der Waals surface area contributed by atoms with Crippen molar-refractivity contribution in [1.29, 1.82) is 0 Å². The van der Waals surface area contributed by atoms with Crippen molar-refractivity contribution in [2.24, 2.45) is 0 Å². The molecule has 2 aliphatic heterocycles. The lowest BCUT2D eigenvalue weighted by molar-refractivity contribution is 0.0122. The fourth-order valence-electron chi connectivity index (χ4n) is 4.56. The summed E-state index contributed by atoms with van der Waals surface area (Å²) in [6, 6.07) is 14.1. The van der Waals surface area contributed by atoms with Gasteiger partial charge in [0.15, 0.2) is 5.75 Å². The number of hydrogen-bond acceptors (Lipinski definition) is 6. The standard InChI is InChI=1S/C24H28BrN5O3/c1-24(2,3)33-23(31)29-17-9-10-18(29)14-28(13-17)22-26-21-19(11-12-20(25)30(21)27-22)32-15-16-7-5-4-6-8-16/h4-8,11-12,17-18H,9-10,13-15H2,1-3H3. The third-order valence-corrected chi connectivity index (χ3v) is 6.60. The van der Waals surface area contributed by atoms with Crippen LogP contribution in [0.25, 0.3) is 5.65 Å². The average Bonchev–Trinajstić information content (AvgIpc) is 3.33. The number of benzene rings is 1. The average molecular weight is 514 g/mol. The number of halogens is 1. The second kappa shape index (κ2) is 8.52. The van der Waals surface area contributed by atoms with E-state index in [1.807, 2.05) is 68.1 Å². The normalized spacial score (nSPS) is 20.4. The van der Waals surface area contributed by atoms with Crippen molar-refractivity contribution >= 4 is 33.6 Å². The molecule has 0 spiro atoms. The predicted octanol–water partition coefficient (Wildman–Crippen LogP) is 4.66. The van der Waals surface area contributed by atoms with Gasteiger partial charge >= 0.3 is 6.09 Å². The maximum absolute atomic E-state index is 12.8. The number of ether oxygens (including phenoxy) is 2. The Morgan fingerprint density at radius 2 is 1.79 bits per heavy atom. The van der Waals surface area contributed by atoms with Gasteiger partial charge in [0, 0.05) is 13.1 Å². The van der Waals surface area contributed by atoms with E-state index >= 15 is 0 Å². The number of aromatic nitrogens is 3. The minimum Gasteiger partial charge on any atom is -0.485 e. The van der Waals surface area contributed by atoms with E-state index in [2.05, 4.69) is 20.8 Å². The third-order valence-electron chi connectivity index (χ3n) is 6.00. The Balaban J connectivity index is 1.36. The first-order valence-corrected chi connectivity index (χ1v) is 12.1. The summed E-state index contributed by atoms with van der Waals surface area (Å²) in [7, 11) is 0. The number of carbonyl (C=O) groups is 1. The minimum absolute atomic E-state index is 0.0995. The zero-order valence-corrected chi connectivity index (χ0v) is 20.7. The van der Waals surface area contributed by atoms with Gasteiger partial charge in [-0.3, -0.25) is 4.90 Å². The molecule has 174 valence electrons. The van der Waals surface area contributed by atoms with E-state index in [4.69, 9.17) is 19.6 Å². The van der Waals surface area contributed by atoms with Gasteiger partial charge in [0.1, 0.15) is 16.8 Å². The van der Waals surface area contributed by atoms with Crippen molar-refractivity contribution < 1.29 is 14.3 Å². The molecule has 1 aromatic carbocycles. The fraction of sp³-hybridized carbons (Fsp3) is 0.458. The second-order valence-corrected chi connectivity index (χ2v) is 10.4. The lowest BCUT2D eigenvalue weighted by Gasteiger charge is -2.40. The first kappa shape index (κ1) is 22.0. The Morgan fingerprint density at radius 3 is 2.45 bits per heavy atom. The Hall–Kier alpha value is -2.81. The van der Waals surface area contributed by atoms with Gasteiger partial charge in [-0.1, -0.05) is 30.3 Å². The molecule has 0 aliphatic carbocycles. The summed E-state index contributed by atoms with van der Waals surface area (Å²) in [6.07, 6.45) is 1.70. The Morgan fingerprint density at radius 1 is 1.09 bits per heavy atom. The first-order chi connectivity index (χ1) is 15.8. The van der Waals surface area contributed by atoms with Crippen molar-refractivity contribution in [3.8, 4) is 5.75 Å². The van der Waals surface area contributed by atoms with Crippen LogP contribution in [0.5, 0.6) is 5.75 Å². The van der Waals surface area contributed by atoms with Crippen LogP contribution in [0.1, 0.15) is 39.2 Å². The van der Waals surface area contributed by atoms with Gasteiger partial charge in [-0.2, -0.15) is 4.98 Å². The summed E-state index contributed by atoms with van der Waals surface area (Å²) in [5.74, 6) is 1.32. The first-order valence-electron chi connectivity index (χ1n) is 11.3. The molecule has 2 saturated heterocycles. The number of nitrogens with zero attached hydrogens (tertiary/aromatic N) is 5. The molecule has 2 aromatic heterocycles. The largest absolute Gasteiger partial charge is 0.485 e. The number of fused-ring (bicyclic) bond motifs is 3. The Kier molecular flexibility index (Phi) is 5.68. The molecular formula is C24H28BrN5O3. The number of amides is 1. The molecule has 0 saturated carbocycles. The maximum atomic E-state index is 12.8. The number of carbonyl (C=O) groups excluding carboxylic acids is 1. The molecule has 9 heteroatoms. The van der Waals surface area contributed by atoms with Crippen LogP contribution < -0.4 is 9.64 Å². The van der Waals surface area contributed by atoms with Crippen LogP contribution in [0.15, 0.2) is 47.1 Å². The number of pyridine rings is 1. The molecular weight excluding hydrogens is 486 g/mol. The quantitative estimate of drug-likeness (QED) is 0.472. The second-order valence-electron chi connectivity index (χ2n) is 9.62. The van der Waals surface area contributed by atoms with E-state index < -0.39 is 5.60 Å². The fourth-order valence-corrected chi connectivity index (χ4v) is 4.94. The van der Waals surface area contributed by atoms with Crippen LogP contribution >= 0.6 is 15.9 Å². The molecule has 33 heavy (non-hydrogen) atoms. The topological polar surface area (TPSA) is 72.2 Å². The van der Waals surface area contributed by atoms with Crippen molar-refractivity contribution in [3.05, 3.63) is 52.6 Å². The SMILES string of the molecule is CC(C)(C)OC(=O)N1C2CCC1CN(c1nc3c(OCc4ccccc4)ccc(Br)n3n1)C2. The molecule has 4 heterocycles. The highest BCUT2D eigenvalue weighted by Crippen LogP contribution is 2.34. The molecule has 3 aromatic rings. The smallest absolute Gasteiger partial charge is 0.410 e. The van der Waals surface area contributed by atoms with Crippen LogP contribution in [-0.2, 0) is 11.3 Å². The number of piperazine rings is 1. The monoisotopic (exact) mass is 513 g/mol. The van der Waals surface area contributed by atoms with Gasteiger partial charge in [-0.05, 0) is 67.2 Å².